The molecule has 1 atom stereocenters. The van der Waals surface area contributed by atoms with Crippen LogP contribution in [0, 0.1) is 17.2 Å². The Morgan fingerprint density at radius 1 is 1.15 bits per heavy atom. The van der Waals surface area contributed by atoms with E-state index in [1.165, 1.54) is 22.1 Å². The third-order valence-corrected chi connectivity index (χ3v) is 5.61. The molecule has 1 unspecified atom stereocenters. The Hall–Kier alpha value is -2.90. The molecule has 0 radical (unpaired) electrons. The van der Waals surface area contributed by atoms with Crippen molar-refractivity contribution in [3.05, 3.63) is 64.4 Å². The van der Waals surface area contributed by atoms with Crippen molar-refractivity contribution in [1.82, 2.24) is 5.32 Å². The molecule has 1 amide bonds. The second-order valence-electron chi connectivity index (χ2n) is 6.94. The number of rotatable bonds is 5. The summed E-state index contributed by atoms with van der Waals surface area (Å²) in [5, 5.41) is 16.7. The third-order valence-electron chi connectivity index (χ3n) is 4.73. The van der Waals surface area contributed by atoms with E-state index in [4.69, 9.17) is 0 Å². The molecule has 0 aliphatic rings. The van der Waals surface area contributed by atoms with E-state index in [2.05, 4.69) is 35.0 Å². The van der Waals surface area contributed by atoms with Gasteiger partial charge in [0.15, 0.2) is 0 Å². The van der Waals surface area contributed by atoms with Gasteiger partial charge in [-0.2, -0.15) is 5.26 Å². The predicted octanol–water partition coefficient (Wildman–Crippen LogP) is 5.64. The Morgan fingerprint density at radius 2 is 1.89 bits per heavy atom. The molecule has 4 heteroatoms. The predicted molar refractivity (Wildman–Crippen MR) is 113 cm³/mol. The Labute approximate surface area is 164 Å². The molecular weight excluding hydrogens is 352 g/mol. The Morgan fingerprint density at radius 3 is 2.63 bits per heavy atom. The van der Waals surface area contributed by atoms with Crippen molar-refractivity contribution in [2.24, 2.45) is 5.92 Å². The van der Waals surface area contributed by atoms with Crippen molar-refractivity contribution in [1.29, 1.82) is 5.26 Å². The van der Waals surface area contributed by atoms with Gasteiger partial charge in [-0.25, -0.2) is 0 Å². The number of carbonyl (C=O) groups is 1. The van der Waals surface area contributed by atoms with Crippen molar-refractivity contribution in [3.63, 3.8) is 0 Å². The second kappa shape index (κ2) is 8.20. The van der Waals surface area contributed by atoms with Gasteiger partial charge >= 0.3 is 0 Å². The van der Waals surface area contributed by atoms with E-state index in [1.54, 1.807) is 6.08 Å². The molecule has 0 spiro atoms. The normalized spacial score (nSPS) is 12.8. The number of amides is 1. The number of nitrogens with zero attached hydrogens (tertiary/aromatic N) is 1. The van der Waals surface area contributed by atoms with Gasteiger partial charge in [-0.3, -0.25) is 4.79 Å². The lowest BCUT2D eigenvalue weighted by Gasteiger charge is -2.16. The first-order valence-electron chi connectivity index (χ1n) is 8.99. The highest BCUT2D eigenvalue weighted by atomic mass is 32.1. The Bertz CT molecular complexity index is 1030. The lowest BCUT2D eigenvalue weighted by Crippen LogP contribution is -2.36. The molecule has 0 bridgehead atoms. The number of thiophene rings is 1. The topological polar surface area (TPSA) is 52.9 Å². The van der Waals surface area contributed by atoms with E-state index in [1.807, 2.05) is 51.1 Å². The highest BCUT2D eigenvalue weighted by molar-refractivity contribution is 7.11. The smallest absolute Gasteiger partial charge is 0.262 e. The first-order valence-corrected chi connectivity index (χ1v) is 9.87. The average molecular weight is 375 g/mol. The summed E-state index contributed by atoms with van der Waals surface area (Å²) in [7, 11) is 0. The van der Waals surface area contributed by atoms with Crippen LogP contribution in [0.4, 0.5) is 0 Å². The van der Waals surface area contributed by atoms with Gasteiger partial charge in [0, 0.05) is 10.9 Å². The van der Waals surface area contributed by atoms with E-state index >= 15 is 0 Å². The lowest BCUT2D eigenvalue weighted by molar-refractivity contribution is -0.117. The summed E-state index contributed by atoms with van der Waals surface area (Å²) in [4.78, 5) is 13.2. The van der Waals surface area contributed by atoms with Crippen molar-refractivity contribution in [2.45, 2.75) is 26.8 Å². The minimum absolute atomic E-state index is 0.0174. The minimum Gasteiger partial charge on any atom is -0.349 e. The van der Waals surface area contributed by atoms with E-state index < -0.39 is 0 Å². The molecule has 0 fully saturated rings. The van der Waals surface area contributed by atoms with Crippen LogP contribution in [0.1, 0.15) is 25.6 Å². The number of nitrogens with one attached hydrogen (secondary N) is 1. The molecule has 27 heavy (non-hydrogen) atoms. The molecule has 3 nitrogen and oxygen atoms in total. The zero-order chi connectivity index (χ0) is 19.4. The standard InChI is InChI=1S/C23H22N2OS/c1-15(2)16(3)25-23(26)18(13-24)11-20-12-19(14-27-20)22-10-6-8-17-7-4-5-9-21(17)22/h4-12,14-16H,1-3H3,(H,25,26)/b18-11+. The SMILES string of the molecule is CC(C)C(C)NC(=O)/C(C#N)=C/c1cc(-c2cccc3ccccc23)cs1. The first kappa shape index (κ1) is 18.9. The van der Waals surface area contributed by atoms with Gasteiger partial charge in [0.25, 0.3) is 5.91 Å². The van der Waals surface area contributed by atoms with Crippen LogP contribution in [-0.2, 0) is 4.79 Å². The van der Waals surface area contributed by atoms with Crippen LogP contribution in [-0.4, -0.2) is 11.9 Å². The van der Waals surface area contributed by atoms with E-state index in [9.17, 15) is 10.1 Å². The minimum atomic E-state index is -0.321. The van der Waals surface area contributed by atoms with Crippen LogP contribution in [0.25, 0.3) is 28.0 Å². The van der Waals surface area contributed by atoms with Crippen molar-refractivity contribution in [3.8, 4) is 17.2 Å². The summed E-state index contributed by atoms with van der Waals surface area (Å²) in [5.41, 5.74) is 2.38. The fraction of sp³-hybridized carbons (Fsp3) is 0.217. The largest absolute Gasteiger partial charge is 0.349 e. The summed E-state index contributed by atoms with van der Waals surface area (Å²) in [6, 6.07) is 18.6. The van der Waals surface area contributed by atoms with Gasteiger partial charge in [-0.15, -0.1) is 11.3 Å². The highest BCUT2D eigenvalue weighted by Gasteiger charge is 2.15. The molecule has 0 aliphatic heterocycles. The molecular formula is C23H22N2OS. The Kier molecular flexibility index (Phi) is 5.73. The quantitative estimate of drug-likeness (QED) is 0.464. The monoisotopic (exact) mass is 374 g/mol. The second-order valence-corrected chi connectivity index (χ2v) is 7.88. The van der Waals surface area contributed by atoms with Crippen LogP contribution in [0.3, 0.4) is 0 Å². The van der Waals surface area contributed by atoms with Crippen molar-refractivity contribution >= 4 is 34.1 Å². The lowest BCUT2D eigenvalue weighted by atomic mass is 10.00. The van der Waals surface area contributed by atoms with Gasteiger partial charge in [-0.05, 0) is 52.3 Å². The first-order chi connectivity index (χ1) is 13.0. The molecule has 1 heterocycles. The fourth-order valence-corrected chi connectivity index (χ4v) is 3.63. The van der Waals surface area contributed by atoms with Crippen LogP contribution < -0.4 is 5.32 Å². The summed E-state index contributed by atoms with van der Waals surface area (Å²) in [6.07, 6.45) is 1.67. The number of fused-ring (bicyclic) bond motifs is 1. The molecule has 136 valence electrons. The zero-order valence-electron chi connectivity index (χ0n) is 15.7. The van der Waals surface area contributed by atoms with E-state index in [0.717, 1.165) is 16.0 Å². The van der Waals surface area contributed by atoms with Crippen LogP contribution in [0.2, 0.25) is 0 Å². The molecule has 2 aromatic carbocycles. The molecule has 1 aromatic heterocycles. The summed E-state index contributed by atoms with van der Waals surface area (Å²) < 4.78 is 0. The molecule has 1 N–H and O–H groups in total. The Balaban J connectivity index is 1.89. The van der Waals surface area contributed by atoms with Gasteiger partial charge < -0.3 is 5.32 Å². The average Bonchev–Trinajstić information content (AvgIpc) is 3.13. The maximum absolute atomic E-state index is 12.3. The van der Waals surface area contributed by atoms with E-state index in [-0.39, 0.29) is 17.5 Å². The fourth-order valence-electron chi connectivity index (χ4n) is 2.79. The molecule has 3 aromatic rings. The molecule has 3 rings (SSSR count). The maximum Gasteiger partial charge on any atom is 0.262 e. The van der Waals surface area contributed by atoms with E-state index in [0.29, 0.717) is 5.92 Å². The molecule has 0 saturated heterocycles. The van der Waals surface area contributed by atoms with Gasteiger partial charge in [0.2, 0.25) is 0 Å². The summed E-state index contributed by atoms with van der Waals surface area (Å²) in [5.74, 6) is -0.00703. The number of benzene rings is 2. The van der Waals surface area contributed by atoms with Gasteiger partial charge in [0.1, 0.15) is 11.6 Å². The highest BCUT2D eigenvalue weighted by Crippen LogP contribution is 2.32. The van der Waals surface area contributed by atoms with Crippen molar-refractivity contribution in [2.75, 3.05) is 0 Å². The number of hydrogen-bond donors (Lipinski definition) is 1. The number of nitriles is 1. The zero-order valence-corrected chi connectivity index (χ0v) is 16.5. The van der Waals surface area contributed by atoms with Gasteiger partial charge in [0.05, 0.1) is 0 Å². The third kappa shape index (κ3) is 4.27. The van der Waals surface area contributed by atoms with Crippen LogP contribution >= 0.6 is 11.3 Å². The summed E-state index contributed by atoms with van der Waals surface area (Å²) in [6.45, 7) is 6.02. The van der Waals surface area contributed by atoms with Crippen molar-refractivity contribution < 1.29 is 4.79 Å². The number of carbonyl (C=O) groups excluding carboxylic acids is 1. The van der Waals surface area contributed by atoms with Crippen LogP contribution in [0.5, 0.6) is 0 Å². The molecule has 0 aliphatic carbocycles. The van der Waals surface area contributed by atoms with Crippen LogP contribution in [0.15, 0.2) is 59.5 Å². The molecule has 0 saturated carbocycles. The number of hydrogen-bond acceptors (Lipinski definition) is 3. The maximum atomic E-state index is 12.3. The van der Waals surface area contributed by atoms with Gasteiger partial charge in [-0.1, -0.05) is 56.3 Å². The summed E-state index contributed by atoms with van der Waals surface area (Å²) >= 11 is 1.53.